The van der Waals surface area contributed by atoms with Crippen LogP contribution in [0.5, 0.6) is 23.0 Å². The van der Waals surface area contributed by atoms with Crippen LogP contribution < -0.4 is 18.9 Å². The van der Waals surface area contributed by atoms with Gasteiger partial charge in [0.1, 0.15) is 24.5 Å². The minimum Gasteiger partial charge on any atom is -0.497 e. The van der Waals surface area contributed by atoms with E-state index < -0.39 is 17.6 Å². The Bertz CT molecular complexity index is 1220. The van der Waals surface area contributed by atoms with Crippen molar-refractivity contribution in [1.82, 2.24) is 4.90 Å². The minimum atomic E-state index is -0.992. The Hall–Kier alpha value is -4.40. The predicted molar refractivity (Wildman–Crippen MR) is 146 cm³/mol. The standard InChI is InChI=1S/C30H35NO8/c1-7-30(23-11-9-8-10-12-23,31(2)29(33)38-19-21-13-15-24(34-3)16-14-21)20-39-28(32)22-17-25(35-4)27(37-6)26(18-22)36-5/h8-18H,7,19-20H2,1-6H3. The van der Waals surface area contributed by atoms with Crippen molar-refractivity contribution in [3.8, 4) is 23.0 Å². The fourth-order valence-electron chi connectivity index (χ4n) is 4.27. The van der Waals surface area contributed by atoms with Crippen LogP contribution in [-0.2, 0) is 21.6 Å². The van der Waals surface area contributed by atoms with Crippen molar-refractivity contribution in [3.05, 3.63) is 83.4 Å². The summed E-state index contributed by atoms with van der Waals surface area (Å²) >= 11 is 0. The lowest BCUT2D eigenvalue weighted by atomic mass is 9.86. The summed E-state index contributed by atoms with van der Waals surface area (Å²) in [4.78, 5) is 28.0. The summed E-state index contributed by atoms with van der Waals surface area (Å²) in [6.45, 7) is 1.89. The molecule has 208 valence electrons. The molecule has 9 nitrogen and oxygen atoms in total. The van der Waals surface area contributed by atoms with Gasteiger partial charge in [0, 0.05) is 7.05 Å². The van der Waals surface area contributed by atoms with Crippen LogP contribution in [0.2, 0.25) is 0 Å². The van der Waals surface area contributed by atoms with Crippen LogP contribution in [0.4, 0.5) is 4.79 Å². The van der Waals surface area contributed by atoms with Crippen molar-refractivity contribution in [2.75, 3.05) is 42.1 Å². The number of likely N-dealkylation sites (N-methyl/N-ethyl adjacent to an activating group) is 1. The molecule has 9 heteroatoms. The summed E-state index contributed by atoms with van der Waals surface area (Å²) in [6.07, 6.45) is -0.103. The SMILES string of the molecule is CCC(COC(=O)c1cc(OC)c(OC)c(OC)c1)(c1ccccc1)N(C)C(=O)OCc1ccc(OC)cc1. The first kappa shape index (κ1) is 29.2. The molecule has 0 spiro atoms. The van der Waals surface area contributed by atoms with Crippen molar-refractivity contribution >= 4 is 12.1 Å². The zero-order chi connectivity index (χ0) is 28.4. The number of esters is 1. The number of amides is 1. The first-order valence-corrected chi connectivity index (χ1v) is 12.4. The molecule has 1 amide bonds. The van der Waals surface area contributed by atoms with Gasteiger partial charge in [-0.15, -0.1) is 0 Å². The zero-order valence-electron chi connectivity index (χ0n) is 23.2. The molecule has 3 rings (SSSR count). The number of carbonyl (C=O) groups is 2. The average Bonchev–Trinajstić information content (AvgIpc) is 2.99. The second-order valence-electron chi connectivity index (χ2n) is 8.70. The van der Waals surface area contributed by atoms with Gasteiger partial charge in [-0.2, -0.15) is 0 Å². The molecule has 0 heterocycles. The highest BCUT2D eigenvalue weighted by Gasteiger charge is 2.40. The topological polar surface area (TPSA) is 92.8 Å². The highest BCUT2D eigenvalue weighted by Crippen LogP contribution is 2.39. The van der Waals surface area contributed by atoms with Crippen molar-refractivity contribution < 1.29 is 38.0 Å². The summed E-state index contributed by atoms with van der Waals surface area (Å²) in [5.41, 5.74) is 0.837. The number of rotatable bonds is 12. The Morgan fingerprint density at radius 2 is 1.41 bits per heavy atom. The van der Waals surface area contributed by atoms with E-state index in [1.54, 1.807) is 26.3 Å². The maximum absolute atomic E-state index is 13.3. The fourth-order valence-corrected chi connectivity index (χ4v) is 4.27. The Labute approximate surface area is 229 Å². The highest BCUT2D eigenvalue weighted by atomic mass is 16.6. The third kappa shape index (κ3) is 6.54. The molecule has 0 N–H and O–H groups in total. The van der Waals surface area contributed by atoms with Gasteiger partial charge >= 0.3 is 12.1 Å². The summed E-state index contributed by atoms with van der Waals surface area (Å²) in [7, 11) is 7.65. The molecule has 0 aliphatic carbocycles. The number of hydrogen-bond acceptors (Lipinski definition) is 8. The molecule has 0 saturated heterocycles. The summed E-state index contributed by atoms with van der Waals surface area (Å²) < 4.78 is 32.7. The molecule has 0 aliphatic heterocycles. The Morgan fingerprint density at radius 1 is 0.795 bits per heavy atom. The van der Waals surface area contributed by atoms with Crippen molar-refractivity contribution in [1.29, 1.82) is 0 Å². The normalized spacial score (nSPS) is 12.1. The third-order valence-corrected chi connectivity index (χ3v) is 6.68. The monoisotopic (exact) mass is 537 g/mol. The molecular weight excluding hydrogens is 502 g/mol. The van der Waals surface area contributed by atoms with Crippen LogP contribution in [0.1, 0.15) is 34.8 Å². The summed E-state index contributed by atoms with van der Waals surface area (Å²) in [5.74, 6) is 1.12. The smallest absolute Gasteiger partial charge is 0.410 e. The van der Waals surface area contributed by atoms with Crippen LogP contribution in [0, 0.1) is 0 Å². The molecule has 0 radical (unpaired) electrons. The lowest BCUT2D eigenvalue weighted by Gasteiger charge is -2.40. The maximum Gasteiger partial charge on any atom is 0.410 e. The van der Waals surface area contributed by atoms with E-state index in [1.165, 1.54) is 38.4 Å². The van der Waals surface area contributed by atoms with Gasteiger partial charge in [-0.1, -0.05) is 49.4 Å². The molecule has 0 aliphatic rings. The third-order valence-electron chi connectivity index (χ3n) is 6.68. The van der Waals surface area contributed by atoms with E-state index in [2.05, 4.69) is 0 Å². The summed E-state index contributed by atoms with van der Waals surface area (Å²) in [5, 5.41) is 0. The van der Waals surface area contributed by atoms with E-state index in [1.807, 2.05) is 49.4 Å². The van der Waals surface area contributed by atoms with Crippen LogP contribution in [-0.4, -0.2) is 59.1 Å². The molecular formula is C30H35NO8. The molecule has 0 saturated carbocycles. The Morgan fingerprint density at radius 3 is 1.92 bits per heavy atom. The highest BCUT2D eigenvalue weighted by molar-refractivity contribution is 5.91. The quantitative estimate of drug-likeness (QED) is 0.282. The Balaban J connectivity index is 1.85. The lowest BCUT2D eigenvalue weighted by Crippen LogP contribution is -2.50. The van der Waals surface area contributed by atoms with Gasteiger partial charge in [-0.25, -0.2) is 9.59 Å². The van der Waals surface area contributed by atoms with Gasteiger partial charge in [0.05, 0.1) is 34.0 Å². The zero-order valence-corrected chi connectivity index (χ0v) is 23.2. The van der Waals surface area contributed by atoms with E-state index in [0.29, 0.717) is 29.4 Å². The first-order valence-electron chi connectivity index (χ1n) is 12.4. The molecule has 0 aromatic heterocycles. The van der Waals surface area contributed by atoms with Crippen LogP contribution in [0.15, 0.2) is 66.7 Å². The average molecular weight is 538 g/mol. The van der Waals surface area contributed by atoms with E-state index in [0.717, 1.165) is 11.1 Å². The predicted octanol–water partition coefficient (Wildman–Crippen LogP) is 5.45. The van der Waals surface area contributed by atoms with Gasteiger partial charge in [0.25, 0.3) is 0 Å². The molecule has 1 unspecified atom stereocenters. The van der Waals surface area contributed by atoms with Crippen molar-refractivity contribution in [2.24, 2.45) is 0 Å². The Kier molecular flexibility index (Phi) is 10.0. The van der Waals surface area contributed by atoms with Crippen LogP contribution in [0.25, 0.3) is 0 Å². The number of methoxy groups -OCH3 is 4. The largest absolute Gasteiger partial charge is 0.497 e. The number of hydrogen-bond donors (Lipinski definition) is 0. The molecule has 3 aromatic carbocycles. The first-order chi connectivity index (χ1) is 18.8. The van der Waals surface area contributed by atoms with Crippen LogP contribution >= 0.6 is 0 Å². The molecule has 0 fully saturated rings. The number of ether oxygens (including phenoxy) is 6. The second-order valence-corrected chi connectivity index (χ2v) is 8.70. The van der Waals surface area contributed by atoms with Gasteiger partial charge in [-0.3, -0.25) is 4.90 Å². The van der Waals surface area contributed by atoms with Crippen molar-refractivity contribution in [2.45, 2.75) is 25.5 Å². The van der Waals surface area contributed by atoms with E-state index in [4.69, 9.17) is 28.4 Å². The van der Waals surface area contributed by atoms with Crippen LogP contribution in [0.3, 0.4) is 0 Å². The van der Waals surface area contributed by atoms with Gasteiger partial charge < -0.3 is 28.4 Å². The number of benzene rings is 3. The summed E-state index contributed by atoms with van der Waals surface area (Å²) in [6, 6.07) is 19.7. The van der Waals surface area contributed by atoms with Gasteiger partial charge in [0.2, 0.25) is 5.75 Å². The van der Waals surface area contributed by atoms with Crippen molar-refractivity contribution in [3.63, 3.8) is 0 Å². The number of nitrogens with zero attached hydrogens (tertiary/aromatic N) is 1. The molecule has 0 bridgehead atoms. The van der Waals surface area contributed by atoms with Gasteiger partial charge in [-0.05, 0) is 41.8 Å². The molecule has 39 heavy (non-hydrogen) atoms. The van der Waals surface area contributed by atoms with E-state index in [-0.39, 0.29) is 18.8 Å². The van der Waals surface area contributed by atoms with E-state index in [9.17, 15) is 9.59 Å². The maximum atomic E-state index is 13.3. The molecule has 1 atom stereocenters. The fraction of sp³-hybridized carbons (Fsp3) is 0.333. The van der Waals surface area contributed by atoms with E-state index >= 15 is 0 Å². The lowest BCUT2D eigenvalue weighted by molar-refractivity contribution is -0.000599. The number of carbonyl (C=O) groups excluding carboxylic acids is 2. The minimum absolute atomic E-state index is 0.0764. The second kappa shape index (κ2) is 13.4. The van der Waals surface area contributed by atoms with Gasteiger partial charge in [0.15, 0.2) is 11.5 Å². The molecule has 3 aromatic rings.